The molecular weight excluding hydrogens is 310 g/mol. The number of allylic oxidation sites excluding steroid dienone is 2. The topological polar surface area (TPSA) is 86.6 Å². The van der Waals surface area contributed by atoms with E-state index in [0.717, 1.165) is 23.3 Å². The fourth-order valence-corrected chi connectivity index (χ4v) is 3.97. The van der Waals surface area contributed by atoms with E-state index in [1.54, 1.807) is 0 Å². The molecule has 0 saturated carbocycles. The molecule has 0 radical (unpaired) electrons. The van der Waals surface area contributed by atoms with Crippen LogP contribution in [-0.4, -0.2) is 15.8 Å². The van der Waals surface area contributed by atoms with Crippen LogP contribution in [0.25, 0.3) is 10.2 Å². The molecule has 3 rings (SSSR count). The molecule has 6 heteroatoms. The fourth-order valence-electron chi connectivity index (χ4n) is 2.94. The molecular formula is C17H17N3O2S. The van der Waals surface area contributed by atoms with E-state index in [-0.39, 0.29) is 23.1 Å². The number of fused-ring (bicyclic) bond motifs is 1. The van der Waals surface area contributed by atoms with Crippen molar-refractivity contribution in [3.05, 3.63) is 38.8 Å². The summed E-state index contributed by atoms with van der Waals surface area (Å²) in [4.78, 5) is 33.4. The Labute approximate surface area is 137 Å². The van der Waals surface area contributed by atoms with E-state index in [0.29, 0.717) is 16.6 Å². The quantitative estimate of drug-likeness (QED) is 0.874. The number of hydrogen-bond acceptors (Lipinski definition) is 5. The number of nitriles is 1. The Morgan fingerprint density at radius 3 is 3.00 bits per heavy atom. The largest absolute Gasteiger partial charge is 0.308 e. The lowest BCUT2D eigenvalue weighted by molar-refractivity contribution is -0.120. The molecule has 2 aromatic rings. The van der Waals surface area contributed by atoms with Gasteiger partial charge in [0.2, 0.25) is 0 Å². The van der Waals surface area contributed by atoms with Crippen LogP contribution in [0.15, 0.2) is 16.9 Å². The number of aromatic nitrogens is 2. The minimum Gasteiger partial charge on any atom is -0.308 e. The van der Waals surface area contributed by atoms with Crippen LogP contribution in [0.5, 0.6) is 0 Å². The Kier molecular flexibility index (Phi) is 4.14. The van der Waals surface area contributed by atoms with E-state index in [1.165, 1.54) is 11.3 Å². The van der Waals surface area contributed by atoms with Crippen LogP contribution in [0.4, 0.5) is 0 Å². The number of ketones is 1. The number of Topliss-reactive ketones (excluding diaryl/α,β-unsaturated/α-hetero) is 1. The molecule has 0 amide bonds. The van der Waals surface area contributed by atoms with Gasteiger partial charge >= 0.3 is 0 Å². The fraction of sp³-hybridized carbons (Fsp3) is 0.412. The minimum atomic E-state index is -1.01. The Hall–Kier alpha value is -2.26. The molecule has 0 saturated heterocycles. The number of aryl methyl sites for hydroxylation is 2. The molecule has 2 aromatic heterocycles. The van der Waals surface area contributed by atoms with Crippen molar-refractivity contribution in [2.75, 3.05) is 0 Å². The average molecular weight is 327 g/mol. The lowest BCUT2D eigenvalue weighted by Crippen LogP contribution is -2.20. The Morgan fingerprint density at radius 2 is 2.35 bits per heavy atom. The maximum absolute atomic E-state index is 12.4. The smallest absolute Gasteiger partial charge is 0.259 e. The van der Waals surface area contributed by atoms with Crippen molar-refractivity contribution < 1.29 is 4.79 Å². The second-order valence-electron chi connectivity index (χ2n) is 5.91. The van der Waals surface area contributed by atoms with Gasteiger partial charge in [-0.3, -0.25) is 9.59 Å². The molecule has 5 nitrogen and oxygen atoms in total. The first-order chi connectivity index (χ1) is 11.0. The average Bonchev–Trinajstić information content (AvgIpc) is 3.09. The van der Waals surface area contributed by atoms with Gasteiger partial charge in [-0.25, -0.2) is 4.98 Å². The third kappa shape index (κ3) is 2.84. The zero-order chi connectivity index (χ0) is 16.6. The van der Waals surface area contributed by atoms with Crippen LogP contribution < -0.4 is 5.56 Å². The summed E-state index contributed by atoms with van der Waals surface area (Å²) in [6, 6.07) is 2.00. The van der Waals surface area contributed by atoms with Gasteiger partial charge in [0.1, 0.15) is 10.7 Å². The number of hydrogen-bond donors (Lipinski definition) is 1. The highest BCUT2D eigenvalue weighted by Gasteiger charge is 2.26. The molecule has 0 bridgehead atoms. The van der Waals surface area contributed by atoms with E-state index in [2.05, 4.69) is 16.0 Å². The van der Waals surface area contributed by atoms with E-state index in [1.807, 2.05) is 26.0 Å². The van der Waals surface area contributed by atoms with Gasteiger partial charge in [0.05, 0.1) is 11.5 Å². The van der Waals surface area contributed by atoms with Crippen LogP contribution in [0, 0.1) is 31.1 Å². The van der Waals surface area contributed by atoms with Crippen LogP contribution >= 0.6 is 11.3 Å². The predicted octanol–water partition coefficient (Wildman–Crippen LogP) is 3.13. The third-order valence-corrected chi connectivity index (χ3v) is 5.46. The molecule has 0 spiro atoms. The number of carbonyl (C=O) groups excluding carboxylic acids is 1. The monoisotopic (exact) mass is 327 g/mol. The Morgan fingerprint density at radius 1 is 1.57 bits per heavy atom. The van der Waals surface area contributed by atoms with Gasteiger partial charge in [-0.15, -0.1) is 11.3 Å². The van der Waals surface area contributed by atoms with Crippen LogP contribution in [0.3, 0.4) is 0 Å². The molecule has 118 valence electrons. The van der Waals surface area contributed by atoms with Gasteiger partial charge in [-0.05, 0) is 38.2 Å². The number of aromatic amines is 1. The zero-order valence-corrected chi connectivity index (χ0v) is 13.9. The molecule has 2 unspecified atom stereocenters. The van der Waals surface area contributed by atoms with Crippen molar-refractivity contribution in [2.24, 2.45) is 5.92 Å². The highest BCUT2D eigenvalue weighted by Crippen LogP contribution is 2.28. The van der Waals surface area contributed by atoms with Crippen LogP contribution in [0.2, 0.25) is 0 Å². The maximum atomic E-state index is 12.4. The van der Waals surface area contributed by atoms with Crippen molar-refractivity contribution in [1.82, 2.24) is 9.97 Å². The summed E-state index contributed by atoms with van der Waals surface area (Å²) in [5, 5.41) is 9.95. The minimum absolute atomic E-state index is 0.165. The molecule has 1 N–H and O–H groups in total. The van der Waals surface area contributed by atoms with Crippen molar-refractivity contribution in [2.45, 2.75) is 39.0 Å². The summed E-state index contributed by atoms with van der Waals surface area (Å²) >= 11 is 1.42. The SMILES string of the molecule is Cc1sc2nc(C(C#N)C(=O)CC3C=CCC3)[nH]c(=O)c2c1C. The van der Waals surface area contributed by atoms with Gasteiger partial charge in [0, 0.05) is 11.3 Å². The first kappa shape index (κ1) is 15.6. The number of rotatable bonds is 4. The molecule has 0 fully saturated rings. The summed E-state index contributed by atoms with van der Waals surface area (Å²) < 4.78 is 0. The first-order valence-electron chi connectivity index (χ1n) is 7.60. The lowest BCUT2D eigenvalue weighted by atomic mass is 9.94. The molecule has 2 atom stereocenters. The first-order valence-corrected chi connectivity index (χ1v) is 8.41. The summed E-state index contributed by atoms with van der Waals surface area (Å²) in [7, 11) is 0. The Bertz CT molecular complexity index is 901. The third-order valence-electron chi connectivity index (χ3n) is 4.36. The molecule has 2 heterocycles. The summed E-state index contributed by atoms with van der Waals surface area (Å²) in [5.41, 5.74) is 0.627. The van der Waals surface area contributed by atoms with E-state index < -0.39 is 5.92 Å². The van der Waals surface area contributed by atoms with E-state index in [4.69, 9.17) is 0 Å². The van der Waals surface area contributed by atoms with E-state index >= 15 is 0 Å². The number of carbonyl (C=O) groups is 1. The molecule has 1 aliphatic carbocycles. The number of nitrogens with zero attached hydrogens (tertiary/aromatic N) is 2. The maximum Gasteiger partial charge on any atom is 0.259 e. The van der Waals surface area contributed by atoms with Crippen molar-refractivity contribution in [3.63, 3.8) is 0 Å². The lowest BCUT2D eigenvalue weighted by Gasteiger charge is -2.10. The van der Waals surface area contributed by atoms with Crippen molar-refractivity contribution >= 4 is 27.3 Å². The molecule has 23 heavy (non-hydrogen) atoms. The molecule has 1 aliphatic rings. The second-order valence-corrected chi connectivity index (χ2v) is 7.12. The van der Waals surface area contributed by atoms with Gasteiger partial charge < -0.3 is 4.98 Å². The normalized spacial score (nSPS) is 18.2. The van der Waals surface area contributed by atoms with Crippen LogP contribution in [0.1, 0.15) is 41.4 Å². The van der Waals surface area contributed by atoms with Gasteiger partial charge in [-0.2, -0.15) is 5.26 Å². The van der Waals surface area contributed by atoms with Crippen LogP contribution in [-0.2, 0) is 4.79 Å². The number of nitrogens with one attached hydrogen (secondary N) is 1. The molecule has 0 aliphatic heterocycles. The molecule has 0 aromatic carbocycles. The standard InChI is InChI=1S/C17H17N3O2S/c1-9-10(2)23-17-14(9)16(22)19-15(20-17)12(8-18)13(21)7-11-5-3-4-6-11/h3,5,11-12H,4,6-7H2,1-2H3,(H,19,20,22). The number of H-pyrrole nitrogens is 1. The highest BCUT2D eigenvalue weighted by atomic mass is 32.1. The Balaban J connectivity index is 1.96. The highest BCUT2D eigenvalue weighted by molar-refractivity contribution is 7.18. The summed E-state index contributed by atoms with van der Waals surface area (Å²) in [6.45, 7) is 3.81. The van der Waals surface area contributed by atoms with E-state index in [9.17, 15) is 14.9 Å². The zero-order valence-electron chi connectivity index (χ0n) is 13.0. The number of thiophene rings is 1. The van der Waals surface area contributed by atoms with Gasteiger partial charge in [0.15, 0.2) is 11.7 Å². The summed E-state index contributed by atoms with van der Waals surface area (Å²) in [5.74, 6) is -0.835. The van der Waals surface area contributed by atoms with Gasteiger partial charge in [0.25, 0.3) is 5.56 Å². The predicted molar refractivity (Wildman–Crippen MR) is 89.6 cm³/mol. The summed E-state index contributed by atoms with van der Waals surface area (Å²) in [6.07, 6.45) is 6.32. The van der Waals surface area contributed by atoms with Crippen molar-refractivity contribution in [3.8, 4) is 6.07 Å². The van der Waals surface area contributed by atoms with Gasteiger partial charge in [-0.1, -0.05) is 12.2 Å². The second kappa shape index (κ2) is 6.09. The van der Waals surface area contributed by atoms with Crippen molar-refractivity contribution in [1.29, 1.82) is 5.26 Å².